The molecule has 0 saturated carbocycles. The van der Waals surface area contributed by atoms with Crippen molar-refractivity contribution in [2.24, 2.45) is 0 Å². The Hall–Kier alpha value is -0.700. The molecule has 2 aliphatic heterocycles. The van der Waals surface area contributed by atoms with E-state index in [0.717, 1.165) is 0 Å². The van der Waals surface area contributed by atoms with Gasteiger partial charge in [-0.3, -0.25) is 4.79 Å². The van der Waals surface area contributed by atoms with Gasteiger partial charge in [-0.1, -0.05) is 6.92 Å². The lowest BCUT2D eigenvalue weighted by atomic mass is 10.2. The van der Waals surface area contributed by atoms with E-state index >= 15 is 0 Å². The van der Waals surface area contributed by atoms with E-state index in [1.807, 2.05) is 6.92 Å². The van der Waals surface area contributed by atoms with Crippen molar-refractivity contribution in [1.82, 2.24) is 9.21 Å². The molecule has 2 unspecified atom stereocenters. The zero-order chi connectivity index (χ0) is 15.5. The highest BCUT2D eigenvalue weighted by Gasteiger charge is 2.40. The second-order valence-corrected chi connectivity index (χ2v) is 7.59. The second kappa shape index (κ2) is 7.04. The van der Waals surface area contributed by atoms with Crippen molar-refractivity contribution >= 4 is 15.9 Å². The third-order valence-electron chi connectivity index (χ3n) is 3.96. The molecule has 2 aliphatic rings. The smallest absolute Gasteiger partial charge is 0.241 e. The number of sulfonamides is 1. The zero-order valence-corrected chi connectivity index (χ0v) is 13.2. The molecule has 1 amide bonds. The van der Waals surface area contributed by atoms with Gasteiger partial charge in [0.05, 0.1) is 25.1 Å². The zero-order valence-electron chi connectivity index (χ0n) is 12.4. The number of morpholine rings is 1. The molecule has 8 heteroatoms. The van der Waals surface area contributed by atoms with E-state index in [1.165, 1.54) is 4.31 Å². The Kier molecular flexibility index (Phi) is 5.59. The summed E-state index contributed by atoms with van der Waals surface area (Å²) in [6.07, 6.45) is 1.46. The van der Waals surface area contributed by atoms with Gasteiger partial charge < -0.3 is 14.7 Å². The molecule has 2 saturated heterocycles. The minimum atomic E-state index is -3.36. The highest BCUT2D eigenvalue weighted by Crippen LogP contribution is 2.24. The van der Waals surface area contributed by atoms with Crippen molar-refractivity contribution < 1.29 is 23.1 Å². The Morgan fingerprint density at radius 1 is 1.38 bits per heavy atom. The average Bonchev–Trinajstić information content (AvgIpc) is 2.97. The van der Waals surface area contributed by atoms with Crippen LogP contribution in [-0.4, -0.2) is 79.4 Å². The molecule has 0 radical (unpaired) electrons. The highest BCUT2D eigenvalue weighted by molar-refractivity contribution is 7.89. The van der Waals surface area contributed by atoms with Crippen LogP contribution >= 0.6 is 0 Å². The average molecular weight is 320 g/mol. The molecule has 0 bridgehead atoms. The molecular formula is C13H24N2O5S. The number of carbonyl (C=O) groups excluding carboxylic acids is 1. The number of amides is 1. The number of aliphatic hydroxyl groups is 1. The number of nitrogens with zero attached hydrogens (tertiary/aromatic N) is 2. The van der Waals surface area contributed by atoms with Crippen molar-refractivity contribution in [3.05, 3.63) is 0 Å². The van der Waals surface area contributed by atoms with Gasteiger partial charge in [0.25, 0.3) is 0 Å². The van der Waals surface area contributed by atoms with Gasteiger partial charge in [-0.05, 0) is 19.3 Å². The molecule has 2 heterocycles. The van der Waals surface area contributed by atoms with Gasteiger partial charge in [-0.2, -0.15) is 4.31 Å². The summed E-state index contributed by atoms with van der Waals surface area (Å²) in [6.45, 7) is 3.27. The Balaban J connectivity index is 2.07. The molecular weight excluding hydrogens is 296 g/mol. The Morgan fingerprint density at radius 3 is 2.81 bits per heavy atom. The first kappa shape index (κ1) is 16.7. The van der Waals surface area contributed by atoms with Crippen molar-refractivity contribution in [1.29, 1.82) is 0 Å². The molecule has 1 N–H and O–H groups in total. The fourth-order valence-corrected chi connectivity index (χ4v) is 4.68. The second-order valence-electron chi connectivity index (χ2n) is 5.54. The molecule has 2 fully saturated rings. The van der Waals surface area contributed by atoms with Crippen molar-refractivity contribution in [3.8, 4) is 0 Å². The van der Waals surface area contributed by atoms with Gasteiger partial charge in [0, 0.05) is 19.6 Å². The fourth-order valence-electron chi connectivity index (χ4n) is 2.94. The van der Waals surface area contributed by atoms with Gasteiger partial charge in [0.1, 0.15) is 6.04 Å². The largest absolute Gasteiger partial charge is 0.394 e. The predicted molar refractivity (Wildman–Crippen MR) is 77.2 cm³/mol. The maximum absolute atomic E-state index is 12.6. The first-order valence-corrected chi connectivity index (χ1v) is 9.11. The lowest BCUT2D eigenvalue weighted by Gasteiger charge is -2.35. The summed E-state index contributed by atoms with van der Waals surface area (Å²) < 4.78 is 31.2. The molecule has 122 valence electrons. The number of rotatable bonds is 5. The summed E-state index contributed by atoms with van der Waals surface area (Å²) in [6, 6.07) is -0.584. The van der Waals surface area contributed by atoms with Gasteiger partial charge in [0.2, 0.25) is 15.9 Å². The quantitative estimate of drug-likeness (QED) is 0.732. The first-order valence-electron chi connectivity index (χ1n) is 7.50. The molecule has 21 heavy (non-hydrogen) atoms. The number of hydrogen-bond donors (Lipinski definition) is 1. The summed E-state index contributed by atoms with van der Waals surface area (Å²) in [7, 11) is -3.36. The number of aliphatic hydroxyl groups excluding tert-OH is 1. The highest BCUT2D eigenvalue weighted by atomic mass is 32.2. The standard InChI is InChI=1S/C13H24N2O5S/c1-2-8-21(18,19)15-5-3-4-12(15)13(17)14-6-7-20-11(9-14)10-16/h11-12,16H,2-10H2,1H3. The van der Waals surface area contributed by atoms with E-state index in [2.05, 4.69) is 0 Å². The van der Waals surface area contributed by atoms with E-state index in [-0.39, 0.29) is 24.4 Å². The maximum atomic E-state index is 12.6. The summed E-state index contributed by atoms with van der Waals surface area (Å²) in [5.74, 6) is -0.0759. The van der Waals surface area contributed by atoms with Crippen LogP contribution in [0.15, 0.2) is 0 Å². The Bertz CT molecular complexity index is 467. The molecule has 7 nitrogen and oxygen atoms in total. The van der Waals surface area contributed by atoms with Gasteiger partial charge >= 0.3 is 0 Å². The Labute approximate surface area is 125 Å². The summed E-state index contributed by atoms with van der Waals surface area (Å²) in [5.41, 5.74) is 0. The number of carbonyl (C=O) groups is 1. The maximum Gasteiger partial charge on any atom is 0.241 e. The molecule has 0 aromatic heterocycles. The van der Waals surface area contributed by atoms with Crippen LogP contribution in [-0.2, 0) is 19.6 Å². The minimum Gasteiger partial charge on any atom is -0.394 e. The molecule has 2 atom stereocenters. The van der Waals surface area contributed by atoms with E-state index in [9.17, 15) is 13.2 Å². The summed E-state index contributed by atoms with van der Waals surface area (Å²) >= 11 is 0. The van der Waals surface area contributed by atoms with E-state index in [4.69, 9.17) is 9.84 Å². The molecule has 0 aliphatic carbocycles. The molecule has 0 aromatic carbocycles. The SMILES string of the molecule is CCCS(=O)(=O)N1CCCC1C(=O)N1CCOC(CO)C1. The van der Waals surface area contributed by atoms with Crippen LogP contribution in [0.25, 0.3) is 0 Å². The molecule has 0 spiro atoms. The number of hydrogen-bond acceptors (Lipinski definition) is 5. The van der Waals surface area contributed by atoms with Crippen molar-refractivity contribution in [3.63, 3.8) is 0 Å². The van der Waals surface area contributed by atoms with Crippen LogP contribution in [0, 0.1) is 0 Å². The van der Waals surface area contributed by atoms with Gasteiger partial charge in [0.15, 0.2) is 0 Å². The fraction of sp³-hybridized carbons (Fsp3) is 0.923. The molecule has 2 rings (SSSR count). The van der Waals surface area contributed by atoms with E-state index in [1.54, 1.807) is 4.90 Å². The third kappa shape index (κ3) is 3.74. The van der Waals surface area contributed by atoms with E-state index < -0.39 is 16.1 Å². The first-order chi connectivity index (χ1) is 9.99. The topological polar surface area (TPSA) is 87.2 Å². The van der Waals surface area contributed by atoms with Gasteiger partial charge in [-0.15, -0.1) is 0 Å². The van der Waals surface area contributed by atoms with Crippen LogP contribution < -0.4 is 0 Å². The normalized spacial score (nSPS) is 28.0. The summed E-state index contributed by atoms with van der Waals surface area (Å²) in [4.78, 5) is 14.2. The molecule has 0 aromatic rings. The van der Waals surface area contributed by atoms with Crippen molar-refractivity contribution in [2.75, 3.05) is 38.6 Å². The lowest BCUT2D eigenvalue weighted by Crippen LogP contribution is -2.53. The number of ether oxygens (including phenoxy) is 1. The monoisotopic (exact) mass is 320 g/mol. The van der Waals surface area contributed by atoms with Gasteiger partial charge in [-0.25, -0.2) is 8.42 Å². The summed E-state index contributed by atoms with van der Waals surface area (Å²) in [5, 5.41) is 9.14. The van der Waals surface area contributed by atoms with Crippen LogP contribution in [0.5, 0.6) is 0 Å². The van der Waals surface area contributed by atoms with Crippen LogP contribution in [0.1, 0.15) is 26.2 Å². The minimum absolute atomic E-state index is 0.0825. The van der Waals surface area contributed by atoms with Crippen LogP contribution in [0.3, 0.4) is 0 Å². The van der Waals surface area contributed by atoms with Crippen LogP contribution in [0.2, 0.25) is 0 Å². The predicted octanol–water partition coefficient (Wildman–Crippen LogP) is -0.590. The Morgan fingerprint density at radius 2 is 2.14 bits per heavy atom. The van der Waals surface area contributed by atoms with Crippen LogP contribution in [0.4, 0.5) is 0 Å². The van der Waals surface area contributed by atoms with E-state index in [0.29, 0.717) is 45.5 Å². The van der Waals surface area contributed by atoms with Crippen molar-refractivity contribution in [2.45, 2.75) is 38.3 Å². The third-order valence-corrected chi connectivity index (χ3v) is 6.04. The lowest BCUT2D eigenvalue weighted by molar-refractivity contribution is -0.143.